The molecule has 0 radical (unpaired) electrons. The number of ether oxygens (including phenoxy) is 1. The lowest BCUT2D eigenvalue weighted by molar-refractivity contribution is 0.174. The van der Waals surface area contributed by atoms with Crippen molar-refractivity contribution < 1.29 is 4.74 Å². The number of hydrogen-bond donors (Lipinski definition) is 1. The van der Waals surface area contributed by atoms with Gasteiger partial charge in [-0.1, -0.05) is 12.1 Å². The smallest absolute Gasteiger partial charge is 0.169 e. The summed E-state index contributed by atoms with van der Waals surface area (Å²) in [4.78, 5) is 4.79. The first-order valence-corrected chi connectivity index (χ1v) is 8.55. The third-order valence-corrected chi connectivity index (χ3v) is 4.61. The van der Waals surface area contributed by atoms with E-state index in [1.165, 1.54) is 11.1 Å². The van der Waals surface area contributed by atoms with Crippen LogP contribution < -0.4 is 10.1 Å². The second-order valence-electron chi connectivity index (χ2n) is 6.41. The molecular weight excluding hydrogens is 294 g/mol. The molecule has 0 aliphatic carbocycles. The summed E-state index contributed by atoms with van der Waals surface area (Å²) < 4.78 is 5.57. The highest BCUT2D eigenvalue weighted by molar-refractivity contribution is 7.80. The summed E-state index contributed by atoms with van der Waals surface area (Å²) in [7, 11) is 0. The minimum Gasteiger partial charge on any atom is -0.493 e. The van der Waals surface area contributed by atoms with Gasteiger partial charge in [0.1, 0.15) is 5.75 Å². The molecule has 0 bridgehead atoms. The Hall–Kier alpha value is -1.33. The Balaban J connectivity index is 1.51. The topological polar surface area (TPSA) is 27.7 Å². The minimum absolute atomic E-state index is 0.402. The summed E-state index contributed by atoms with van der Waals surface area (Å²) in [6.07, 6.45) is 1.05. The fourth-order valence-electron chi connectivity index (χ4n) is 3.04. The first-order chi connectivity index (χ1) is 10.6. The van der Waals surface area contributed by atoms with Gasteiger partial charge in [-0.2, -0.15) is 0 Å². The molecule has 120 valence electrons. The highest BCUT2D eigenvalue weighted by Gasteiger charge is 2.20. The monoisotopic (exact) mass is 319 g/mol. The molecule has 0 aromatic heterocycles. The molecule has 1 aromatic rings. The van der Waals surface area contributed by atoms with Crippen LogP contribution in [0.2, 0.25) is 0 Å². The average Bonchev–Trinajstić information content (AvgIpc) is 2.95. The number of nitrogens with zero attached hydrogens (tertiary/aromatic N) is 2. The van der Waals surface area contributed by atoms with Crippen molar-refractivity contribution in [3.63, 3.8) is 0 Å². The highest BCUT2D eigenvalue weighted by atomic mass is 32.1. The molecule has 0 amide bonds. The van der Waals surface area contributed by atoms with E-state index in [0.717, 1.165) is 56.6 Å². The number of fused-ring (bicyclic) bond motifs is 1. The summed E-state index contributed by atoms with van der Waals surface area (Å²) in [6.45, 7) is 10.2. The first-order valence-electron chi connectivity index (χ1n) is 8.14. The van der Waals surface area contributed by atoms with Crippen molar-refractivity contribution in [3.8, 4) is 5.75 Å². The molecule has 0 spiro atoms. The normalized spacial score (nSPS) is 18.2. The molecule has 3 rings (SSSR count). The van der Waals surface area contributed by atoms with Gasteiger partial charge in [0, 0.05) is 45.2 Å². The molecule has 0 atom stereocenters. The molecular formula is C17H25N3OS. The number of hydrogen-bond acceptors (Lipinski definition) is 3. The number of benzene rings is 1. The zero-order valence-electron chi connectivity index (χ0n) is 13.5. The van der Waals surface area contributed by atoms with Crippen molar-refractivity contribution in [2.75, 3.05) is 32.8 Å². The fourth-order valence-corrected chi connectivity index (χ4v) is 3.46. The van der Waals surface area contributed by atoms with Crippen LogP contribution in [0.25, 0.3) is 0 Å². The van der Waals surface area contributed by atoms with Gasteiger partial charge in [-0.05, 0) is 43.3 Å². The summed E-state index contributed by atoms with van der Waals surface area (Å²) in [5.74, 6) is 1.07. The fraction of sp³-hybridized carbons (Fsp3) is 0.588. The van der Waals surface area contributed by atoms with Gasteiger partial charge in [0.2, 0.25) is 0 Å². The Kier molecular flexibility index (Phi) is 4.84. The van der Waals surface area contributed by atoms with Crippen LogP contribution in [-0.2, 0) is 13.0 Å². The maximum Gasteiger partial charge on any atom is 0.169 e. The van der Waals surface area contributed by atoms with Crippen LogP contribution in [0.5, 0.6) is 5.75 Å². The predicted molar refractivity (Wildman–Crippen MR) is 93.4 cm³/mol. The molecule has 0 saturated carbocycles. The van der Waals surface area contributed by atoms with E-state index in [9.17, 15) is 0 Å². The molecule has 4 nitrogen and oxygen atoms in total. The standard InChI is InChI=1S/C17H25N3OS/c1-13(2)18-17(22)20-8-6-19(7-9-20)12-14-3-4-16-15(11-14)5-10-21-16/h3-4,11,13H,5-10,12H2,1-2H3,(H,18,22). The van der Waals surface area contributed by atoms with E-state index in [1.54, 1.807) is 0 Å². The number of piperazine rings is 1. The third kappa shape index (κ3) is 3.70. The molecule has 22 heavy (non-hydrogen) atoms. The second kappa shape index (κ2) is 6.84. The van der Waals surface area contributed by atoms with Crippen LogP contribution >= 0.6 is 12.2 Å². The second-order valence-corrected chi connectivity index (χ2v) is 6.79. The van der Waals surface area contributed by atoms with Gasteiger partial charge in [-0.25, -0.2) is 0 Å². The van der Waals surface area contributed by atoms with Crippen molar-refractivity contribution in [3.05, 3.63) is 29.3 Å². The van der Waals surface area contributed by atoms with Crippen LogP contribution in [-0.4, -0.2) is 53.7 Å². The zero-order chi connectivity index (χ0) is 15.5. The van der Waals surface area contributed by atoms with Gasteiger partial charge in [0.25, 0.3) is 0 Å². The zero-order valence-corrected chi connectivity index (χ0v) is 14.3. The summed E-state index contributed by atoms with van der Waals surface area (Å²) in [6, 6.07) is 7.02. The quantitative estimate of drug-likeness (QED) is 0.861. The summed E-state index contributed by atoms with van der Waals surface area (Å²) in [5, 5.41) is 4.22. The van der Waals surface area contributed by atoms with E-state index >= 15 is 0 Å². The lowest BCUT2D eigenvalue weighted by Gasteiger charge is -2.36. The van der Waals surface area contributed by atoms with Gasteiger partial charge < -0.3 is 15.0 Å². The summed E-state index contributed by atoms with van der Waals surface area (Å²) in [5.41, 5.74) is 2.75. The van der Waals surface area contributed by atoms with Gasteiger partial charge >= 0.3 is 0 Å². The Morgan fingerprint density at radius 3 is 2.77 bits per heavy atom. The van der Waals surface area contributed by atoms with Crippen LogP contribution in [0.4, 0.5) is 0 Å². The van der Waals surface area contributed by atoms with E-state index < -0.39 is 0 Å². The molecule has 2 aliphatic heterocycles. The molecule has 2 heterocycles. The highest BCUT2D eigenvalue weighted by Crippen LogP contribution is 2.26. The van der Waals surface area contributed by atoms with Crippen molar-refractivity contribution in [2.24, 2.45) is 0 Å². The van der Waals surface area contributed by atoms with Crippen molar-refractivity contribution in [1.82, 2.24) is 15.1 Å². The van der Waals surface area contributed by atoms with Crippen LogP contribution in [0.15, 0.2) is 18.2 Å². The lowest BCUT2D eigenvalue weighted by Crippen LogP contribution is -2.52. The van der Waals surface area contributed by atoms with Gasteiger partial charge in [-0.15, -0.1) is 0 Å². The molecule has 1 saturated heterocycles. The van der Waals surface area contributed by atoms with Crippen molar-refractivity contribution >= 4 is 17.3 Å². The first kappa shape index (κ1) is 15.6. The Morgan fingerprint density at radius 1 is 1.27 bits per heavy atom. The van der Waals surface area contributed by atoms with E-state index in [0.29, 0.717) is 6.04 Å². The minimum atomic E-state index is 0.402. The molecule has 1 fully saturated rings. The van der Waals surface area contributed by atoms with E-state index in [4.69, 9.17) is 17.0 Å². The SMILES string of the molecule is CC(C)NC(=S)N1CCN(Cc2ccc3c(c2)CCO3)CC1. The van der Waals surface area contributed by atoms with Crippen LogP contribution in [0.1, 0.15) is 25.0 Å². The largest absolute Gasteiger partial charge is 0.493 e. The summed E-state index contributed by atoms with van der Waals surface area (Å²) >= 11 is 5.46. The number of rotatable bonds is 3. The van der Waals surface area contributed by atoms with E-state index in [2.05, 4.69) is 47.2 Å². The molecule has 1 N–H and O–H groups in total. The molecule has 2 aliphatic rings. The maximum absolute atomic E-state index is 5.57. The maximum atomic E-state index is 5.57. The van der Waals surface area contributed by atoms with E-state index in [1.807, 2.05) is 0 Å². The Morgan fingerprint density at radius 2 is 2.05 bits per heavy atom. The van der Waals surface area contributed by atoms with Crippen molar-refractivity contribution in [2.45, 2.75) is 32.9 Å². The van der Waals surface area contributed by atoms with Crippen molar-refractivity contribution in [1.29, 1.82) is 0 Å². The Labute approximate surface area is 138 Å². The molecule has 5 heteroatoms. The number of nitrogens with one attached hydrogen (secondary N) is 1. The van der Waals surface area contributed by atoms with Crippen LogP contribution in [0.3, 0.4) is 0 Å². The molecule has 1 aromatic carbocycles. The third-order valence-electron chi connectivity index (χ3n) is 4.23. The van der Waals surface area contributed by atoms with Gasteiger partial charge in [0.05, 0.1) is 6.61 Å². The predicted octanol–water partition coefficient (Wildman–Crippen LogP) is 2.02. The lowest BCUT2D eigenvalue weighted by atomic mass is 10.1. The van der Waals surface area contributed by atoms with E-state index in [-0.39, 0.29) is 0 Å². The number of thiocarbonyl (C=S) groups is 1. The molecule has 0 unspecified atom stereocenters. The van der Waals surface area contributed by atoms with Gasteiger partial charge in [-0.3, -0.25) is 4.90 Å². The van der Waals surface area contributed by atoms with Crippen LogP contribution in [0, 0.1) is 0 Å². The Bertz CT molecular complexity index is 539. The average molecular weight is 319 g/mol. The van der Waals surface area contributed by atoms with Gasteiger partial charge in [0.15, 0.2) is 5.11 Å².